The third kappa shape index (κ3) is 5.99. The number of aromatic nitrogens is 3. The average molecular weight is 441 g/mol. The van der Waals surface area contributed by atoms with Gasteiger partial charge >= 0.3 is 6.03 Å². The Balaban J connectivity index is 1.26. The number of rotatable bonds is 9. The van der Waals surface area contributed by atoms with Crippen molar-refractivity contribution >= 4 is 11.9 Å². The molecule has 3 amide bonds. The monoisotopic (exact) mass is 440 g/mol. The van der Waals surface area contributed by atoms with Crippen molar-refractivity contribution in [1.29, 1.82) is 0 Å². The molecule has 1 saturated carbocycles. The van der Waals surface area contributed by atoms with Crippen LogP contribution < -0.4 is 15.4 Å². The summed E-state index contributed by atoms with van der Waals surface area (Å²) in [5.41, 5.74) is 1.38. The van der Waals surface area contributed by atoms with Gasteiger partial charge in [0.15, 0.2) is 5.69 Å². The summed E-state index contributed by atoms with van der Waals surface area (Å²) in [6.45, 7) is 2.57. The van der Waals surface area contributed by atoms with E-state index in [4.69, 9.17) is 4.74 Å². The molecule has 1 atom stereocenters. The minimum absolute atomic E-state index is 0.0377. The number of hydrogen-bond donors (Lipinski definition) is 2. The number of likely N-dealkylation sites (tertiary alicyclic amines) is 1. The minimum atomic E-state index is -0.166. The average Bonchev–Trinajstić information content (AvgIpc) is 3.55. The lowest BCUT2D eigenvalue weighted by Gasteiger charge is -2.35. The molecule has 2 N–H and O–H groups in total. The lowest BCUT2D eigenvalue weighted by Crippen LogP contribution is -2.48. The van der Waals surface area contributed by atoms with Gasteiger partial charge in [-0.1, -0.05) is 17.3 Å². The fourth-order valence-corrected chi connectivity index (χ4v) is 4.03. The molecule has 1 unspecified atom stereocenters. The molecule has 9 nitrogen and oxygen atoms in total. The van der Waals surface area contributed by atoms with Crippen molar-refractivity contribution in [2.75, 3.05) is 20.2 Å². The van der Waals surface area contributed by atoms with E-state index < -0.39 is 0 Å². The molecule has 0 spiro atoms. The maximum absolute atomic E-state index is 12.8. The highest BCUT2D eigenvalue weighted by Gasteiger charge is 2.27. The molecule has 1 aromatic heterocycles. The van der Waals surface area contributed by atoms with Crippen molar-refractivity contribution in [3.63, 3.8) is 0 Å². The molecule has 9 heteroatoms. The molecule has 1 aromatic carbocycles. The molecule has 0 bridgehead atoms. The van der Waals surface area contributed by atoms with Crippen LogP contribution in [0.15, 0.2) is 30.5 Å². The number of nitrogens with zero attached hydrogens (tertiary/aromatic N) is 4. The number of ether oxygens (including phenoxy) is 1. The lowest BCUT2D eigenvalue weighted by molar-refractivity contribution is 0.0946. The predicted molar refractivity (Wildman–Crippen MR) is 119 cm³/mol. The summed E-state index contributed by atoms with van der Waals surface area (Å²) in [7, 11) is 1.64. The number of amides is 3. The Morgan fingerprint density at radius 3 is 2.69 bits per heavy atom. The number of nitrogens with one attached hydrogen (secondary N) is 2. The molecule has 2 aromatic rings. The summed E-state index contributed by atoms with van der Waals surface area (Å²) in [5.74, 6) is 1.26. The van der Waals surface area contributed by atoms with Crippen LogP contribution in [0.5, 0.6) is 5.75 Å². The highest BCUT2D eigenvalue weighted by atomic mass is 16.5. The van der Waals surface area contributed by atoms with Gasteiger partial charge in [0.1, 0.15) is 5.75 Å². The SMILES string of the molecule is COc1ccc(CNC(=O)N2CCCCC2CCn2cc(C(=O)NCC3CC3)nn2)cc1. The van der Waals surface area contributed by atoms with Crippen LogP contribution in [0, 0.1) is 5.92 Å². The van der Waals surface area contributed by atoms with Gasteiger partial charge < -0.3 is 20.3 Å². The predicted octanol–water partition coefficient (Wildman–Crippen LogP) is 2.58. The minimum Gasteiger partial charge on any atom is -0.497 e. The highest BCUT2D eigenvalue weighted by Crippen LogP contribution is 2.27. The van der Waals surface area contributed by atoms with Crippen molar-refractivity contribution in [3.05, 3.63) is 41.7 Å². The lowest BCUT2D eigenvalue weighted by atomic mass is 10.00. The molecule has 2 aliphatic rings. The topological polar surface area (TPSA) is 101 Å². The first-order valence-electron chi connectivity index (χ1n) is 11.5. The van der Waals surface area contributed by atoms with E-state index in [1.807, 2.05) is 29.2 Å². The van der Waals surface area contributed by atoms with Crippen LogP contribution in [-0.4, -0.2) is 58.1 Å². The molecule has 1 saturated heterocycles. The number of methoxy groups -OCH3 is 1. The standard InChI is InChI=1S/C23H32N6O3/c1-32-20-9-7-18(8-10-20)15-25-23(31)29-12-3-2-4-19(29)11-13-28-16-21(26-27-28)22(30)24-14-17-5-6-17/h7-10,16-17,19H,2-6,11-15H2,1H3,(H,24,30)(H,25,31). The Bertz CT molecular complexity index is 909. The van der Waals surface area contributed by atoms with Gasteiger partial charge in [0.2, 0.25) is 0 Å². The fraction of sp³-hybridized carbons (Fsp3) is 0.565. The molecule has 2 heterocycles. The van der Waals surface area contributed by atoms with E-state index in [1.165, 1.54) is 12.8 Å². The summed E-state index contributed by atoms with van der Waals surface area (Å²) in [6, 6.07) is 7.81. The van der Waals surface area contributed by atoms with Gasteiger partial charge in [-0.05, 0) is 62.1 Å². The third-order valence-electron chi connectivity index (χ3n) is 6.20. The Morgan fingerprint density at radius 2 is 1.94 bits per heavy atom. The first-order chi connectivity index (χ1) is 15.6. The van der Waals surface area contributed by atoms with Crippen LogP contribution in [0.1, 0.15) is 54.6 Å². The number of benzene rings is 1. The van der Waals surface area contributed by atoms with Crippen molar-refractivity contribution in [2.45, 2.75) is 57.7 Å². The molecule has 4 rings (SSSR count). The van der Waals surface area contributed by atoms with Crippen LogP contribution >= 0.6 is 0 Å². The Kier molecular flexibility index (Phi) is 7.24. The fourth-order valence-electron chi connectivity index (χ4n) is 4.03. The van der Waals surface area contributed by atoms with Crippen molar-refractivity contribution in [1.82, 2.24) is 30.5 Å². The first kappa shape index (κ1) is 22.1. The van der Waals surface area contributed by atoms with Crippen molar-refractivity contribution in [3.8, 4) is 5.75 Å². The normalized spacial score (nSPS) is 18.3. The smallest absolute Gasteiger partial charge is 0.317 e. The van der Waals surface area contributed by atoms with Gasteiger partial charge in [-0.2, -0.15) is 0 Å². The largest absolute Gasteiger partial charge is 0.497 e. The van der Waals surface area contributed by atoms with Crippen molar-refractivity contribution in [2.24, 2.45) is 5.92 Å². The second-order valence-corrected chi connectivity index (χ2v) is 8.66. The van der Waals surface area contributed by atoms with Crippen LogP contribution in [0.2, 0.25) is 0 Å². The number of carbonyl (C=O) groups is 2. The zero-order valence-corrected chi connectivity index (χ0v) is 18.6. The second kappa shape index (κ2) is 10.5. The Morgan fingerprint density at radius 1 is 1.12 bits per heavy atom. The van der Waals surface area contributed by atoms with E-state index in [2.05, 4.69) is 20.9 Å². The molecular formula is C23H32N6O3. The Hall–Kier alpha value is -3.10. The zero-order chi connectivity index (χ0) is 22.3. The first-order valence-corrected chi connectivity index (χ1v) is 11.5. The van der Waals surface area contributed by atoms with E-state index in [0.29, 0.717) is 31.2 Å². The van der Waals surface area contributed by atoms with Gasteiger partial charge in [-0.15, -0.1) is 5.10 Å². The van der Waals surface area contributed by atoms with E-state index in [1.54, 1.807) is 18.0 Å². The summed E-state index contributed by atoms with van der Waals surface area (Å²) in [4.78, 5) is 26.9. The Labute approximate surface area is 188 Å². The third-order valence-corrected chi connectivity index (χ3v) is 6.20. The molecule has 1 aliphatic carbocycles. The van der Waals surface area contributed by atoms with Gasteiger partial charge in [-0.25, -0.2) is 4.79 Å². The van der Waals surface area contributed by atoms with E-state index in [-0.39, 0.29) is 18.0 Å². The number of aryl methyl sites for hydroxylation is 1. The molecule has 172 valence electrons. The summed E-state index contributed by atoms with van der Waals surface area (Å²) >= 11 is 0. The molecule has 32 heavy (non-hydrogen) atoms. The van der Waals surface area contributed by atoms with Gasteiger partial charge in [0, 0.05) is 32.2 Å². The van der Waals surface area contributed by atoms with Crippen LogP contribution in [0.3, 0.4) is 0 Å². The number of piperidine rings is 1. The molecule has 1 aliphatic heterocycles. The van der Waals surface area contributed by atoms with Crippen LogP contribution in [0.4, 0.5) is 4.79 Å². The molecule has 2 fully saturated rings. The summed E-state index contributed by atoms with van der Waals surface area (Å²) in [5, 5.41) is 14.1. The maximum atomic E-state index is 12.8. The summed E-state index contributed by atoms with van der Waals surface area (Å²) < 4.78 is 6.88. The number of carbonyl (C=O) groups excluding carboxylic acids is 2. The maximum Gasteiger partial charge on any atom is 0.317 e. The highest BCUT2D eigenvalue weighted by molar-refractivity contribution is 5.91. The summed E-state index contributed by atoms with van der Waals surface area (Å²) in [6.07, 6.45) is 7.96. The van der Waals surface area contributed by atoms with Crippen molar-refractivity contribution < 1.29 is 14.3 Å². The number of urea groups is 1. The van der Waals surface area contributed by atoms with E-state index in [9.17, 15) is 9.59 Å². The zero-order valence-electron chi connectivity index (χ0n) is 18.6. The van der Waals surface area contributed by atoms with Crippen LogP contribution in [-0.2, 0) is 13.1 Å². The van der Waals surface area contributed by atoms with Crippen LogP contribution in [0.25, 0.3) is 0 Å². The van der Waals surface area contributed by atoms with Gasteiger partial charge in [0.25, 0.3) is 5.91 Å². The quantitative estimate of drug-likeness (QED) is 0.624. The van der Waals surface area contributed by atoms with E-state index >= 15 is 0 Å². The van der Waals surface area contributed by atoms with E-state index in [0.717, 1.165) is 43.5 Å². The number of hydrogen-bond acceptors (Lipinski definition) is 5. The molecular weight excluding hydrogens is 408 g/mol. The van der Waals surface area contributed by atoms with Gasteiger partial charge in [-0.3, -0.25) is 9.48 Å². The van der Waals surface area contributed by atoms with Gasteiger partial charge in [0.05, 0.1) is 13.3 Å². The molecule has 0 radical (unpaired) electrons. The second-order valence-electron chi connectivity index (χ2n) is 8.66.